The molecule has 0 amide bonds. The monoisotopic (exact) mass is 366 g/mol. The normalized spacial score (nSPS) is 18.0. The van der Waals surface area contributed by atoms with Crippen LogP contribution in [-0.4, -0.2) is 37.9 Å². The number of likely N-dealkylation sites (tertiary alicyclic amines) is 1. The van der Waals surface area contributed by atoms with E-state index in [9.17, 15) is 0 Å². The third-order valence-electron chi connectivity index (χ3n) is 4.57. The van der Waals surface area contributed by atoms with Crippen molar-refractivity contribution in [2.75, 3.05) is 18.4 Å². The lowest BCUT2D eigenvalue weighted by atomic mass is 9.94. The maximum absolute atomic E-state index is 4.72. The molecular formula is C19H22N6S. The quantitative estimate of drug-likeness (QED) is 0.742. The van der Waals surface area contributed by atoms with Crippen LogP contribution in [0.15, 0.2) is 42.2 Å². The van der Waals surface area contributed by atoms with Crippen molar-refractivity contribution in [3.63, 3.8) is 0 Å². The lowest BCUT2D eigenvalue weighted by Crippen LogP contribution is -2.34. The Balaban J connectivity index is 1.49. The van der Waals surface area contributed by atoms with E-state index in [0.29, 0.717) is 5.92 Å². The molecule has 1 atom stereocenters. The Hall–Kier alpha value is -2.38. The van der Waals surface area contributed by atoms with Crippen LogP contribution in [0, 0.1) is 6.92 Å². The predicted octanol–water partition coefficient (Wildman–Crippen LogP) is 3.76. The van der Waals surface area contributed by atoms with E-state index in [4.69, 9.17) is 4.98 Å². The van der Waals surface area contributed by atoms with Crippen molar-refractivity contribution in [3.8, 4) is 0 Å². The van der Waals surface area contributed by atoms with Gasteiger partial charge in [-0.25, -0.2) is 15.0 Å². The molecule has 0 bridgehead atoms. The van der Waals surface area contributed by atoms with Crippen molar-refractivity contribution >= 4 is 23.0 Å². The molecule has 0 spiro atoms. The molecule has 1 fully saturated rings. The van der Waals surface area contributed by atoms with Crippen LogP contribution in [0.1, 0.15) is 35.2 Å². The van der Waals surface area contributed by atoms with E-state index in [1.165, 1.54) is 17.7 Å². The summed E-state index contributed by atoms with van der Waals surface area (Å²) in [5, 5.41) is 3.29. The topological polar surface area (TPSA) is 66.8 Å². The number of hydrogen-bond donors (Lipinski definition) is 1. The van der Waals surface area contributed by atoms with E-state index in [1.54, 1.807) is 17.5 Å². The molecule has 0 aliphatic carbocycles. The second-order valence-corrected chi connectivity index (χ2v) is 7.58. The van der Waals surface area contributed by atoms with Gasteiger partial charge in [0.15, 0.2) is 0 Å². The number of nitrogens with one attached hydrogen (secondary N) is 1. The van der Waals surface area contributed by atoms with Gasteiger partial charge in [0.05, 0.1) is 11.2 Å². The van der Waals surface area contributed by atoms with Gasteiger partial charge in [0, 0.05) is 42.3 Å². The highest BCUT2D eigenvalue weighted by molar-refractivity contribution is 7.09. The molecule has 26 heavy (non-hydrogen) atoms. The first-order chi connectivity index (χ1) is 12.8. The van der Waals surface area contributed by atoms with Gasteiger partial charge in [-0.05, 0) is 38.4 Å². The maximum atomic E-state index is 4.72. The van der Waals surface area contributed by atoms with Crippen molar-refractivity contribution in [2.45, 2.75) is 32.2 Å². The molecule has 0 radical (unpaired) electrons. The Morgan fingerprint density at radius 1 is 1.27 bits per heavy atom. The molecule has 1 saturated heterocycles. The van der Waals surface area contributed by atoms with Crippen LogP contribution in [-0.2, 0) is 6.54 Å². The molecule has 4 rings (SSSR count). The van der Waals surface area contributed by atoms with E-state index < -0.39 is 0 Å². The summed E-state index contributed by atoms with van der Waals surface area (Å²) in [7, 11) is 0. The number of anilines is 2. The molecule has 0 saturated carbocycles. The number of thiazole rings is 1. The number of piperidine rings is 1. The van der Waals surface area contributed by atoms with E-state index in [2.05, 4.69) is 31.2 Å². The summed E-state index contributed by atoms with van der Waals surface area (Å²) in [5.74, 6) is 2.83. The SMILES string of the molecule is Cc1nc(Nc2ccccn2)cc(C2CCCN(Cc3cncs3)C2)n1. The average molecular weight is 366 g/mol. The standard InChI is InChI=1S/C19H22N6S/c1-14-22-17(9-19(23-14)24-18-6-2-3-7-21-18)15-5-4-8-25(11-15)12-16-10-20-13-26-16/h2-3,6-7,9-10,13,15H,4-5,8,11-12H2,1H3,(H,21,22,23,24). The first-order valence-electron chi connectivity index (χ1n) is 8.89. The molecule has 1 aliphatic rings. The number of pyridine rings is 1. The summed E-state index contributed by atoms with van der Waals surface area (Å²) < 4.78 is 0. The maximum Gasteiger partial charge on any atom is 0.135 e. The number of rotatable bonds is 5. The van der Waals surface area contributed by atoms with Crippen LogP contribution >= 0.6 is 11.3 Å². The first kappa shape index (κ1) is 17.1. The van der Waals surface area contributed by atoms with Gasteiger partial charge in [-0.1, -0.05) is 6.07 Å². The molecule has 1 N–H and O–H groups in total. The van der Waals surface area contributed by atoms with Crippen LogP contribution in [0.2, 0.25) is 0 Å². The van der Waals surface area contributed by atoms with Gasteiger partial charge < -0.3 is 5.32 Å². The molecule has 3 aromatic rings. The largest absolute Gasteiger partial charge is 0.325 e. The zero-order valence-electron chi connectivity index (χ0n) is 14.8. The first-order valence-corrected chi connectivity index (χ1v) is 9.77. The predicted molar refractivity (Wildman–Crippen MR) is 104 cm³/mol. The summed E-state index contributed by atoms with van der Waals surface area (Å²) in [4.78, 5) is 21.6. The molecule has 1 aliphatic heterocycles. The molecule has 6 nitrogen and oxygen atoms in total. The summed E-state index contributed by atoms with van der Waals surface area (Å²) in [6.45, 7) is 5.09. The van der Waals surface area contributed by atoms with Crippen molar-refractivity contribution in [3.05, 3.63) is 58.6 Å². The lowest BCUT2D eigenvalue weighted by Gasteiger charge is -2.32. The molecular weight excluding hydrogens is 344 g/mol. The highest BCUT2D eigenvalue weighted by atomic mass is 32.1. The van der Waals surface area contributed by atoms with Crippen molar-refractivity contribution in [2.24, 2.45) is 0 Å². The smallest absolute Gasteiger partial charge is 0.135 e. The molecule has 3 aromatic heterocycles. The van der Waals surface area contributed by atoms with Gasteiger partial charge in [0.1, 0.15) is 17.5 Å². The van der Waals surface area contributed by atoms with E-state index in [1.807, 2.05) is 36.8 Å². The number of aryl methyl sites for hydroxylation is 1. The third kappa shape index (κ3) is 4.23. The Morgan fingerprint density at radius 2 is 2.23 bits per heavy atom. The second-order valence-electron chi connectivity index (χ2n) is 6.61. The number of hydrogen-bond acceptors (Lipinski definition) is 7. The van der Waals surface area contributed by atoms with Gasteiger partial charge in [-0.15, -0.1) is 11.3 Å². The molecule has 7 heteroatoms. The van der Waals surface area contributed by atoms with E-state index >= 15 is 0 Å². The fraction of sp³-hybridized carbons (Fsp3) is 0.368. The summed E-state index contributed by atoms with van der Waals surface area (Å²) in [6.07, 6.45) is 6.10. The fourth-order valence-corrected chi connectivity index (χ4v) is 4.05. The van der Waals surface area contributed by atoms with Gasteiger partial charge in [0.2, 0.25) is 0 Å². The van der Waals surface area contributed by atoms with Gasteiger partial charge >= 0.3 is 0 Å². The van der Waals surface area contributed by atoms with Crippen LogP contribution in [0.5, 0.6) is 0 Å². The van der Waals surface area contributed by atoms with Crippen LogP contribution < -0.4 is 5.32 Å². The van der Waals surface area contributed by atoms with Gasteiger partial charge in [-0.3, -0.25) is 9.88 Å². The summed E-state index contributed by atoms with van der Waals surface area (Å²) >= 11 is 1.72. The second kappa shape index (κ2) is 7.88. The summed E-state index contributed by atoms with van der Waals surface area (Å²) in [6, 6.07) is 7.88. The minimum absolute atomic E-state index is 0.433. The highest BCUT2D eigenvalue weighted by Crippen LogP contribution is 2.28. The molecule has 1 unspecified atom stereocenters. The minimum atomic E-state index is 0.433. The van der Waals surface area contributed by atoms with Gasteiger partial charge in [0.25, 0.3) is 0 Å². The third-order valence-corrected chi connectivity index (χ3v) is 5.33. The molecule has 0 aromatic carbocycles. The Bertz CT molecular complexity index is 837. The van der Waals surface area contributed by atoms with Crippen LogP contribution in [0.3, 0.4) is 0 Å². The van der Waals surface area contributed by atoms with Crippen molar-refractivity contribution in [1.29, 1.82) is 0 Å². The number of nitrogens with zero attached hydrogens (tertiary/aromatic N) is 5. The van der Waals surface area contributed by atoms with Crippen molar-refractivity contribution < 1.29 is 0 Å². The van der Waals surface area contributed by atoms with Crippen LogP contribution in [0.25, 0.3) is 0 Å². The van der Waals surface area contributed by atoms with E-state index in [0.717, 1.165) is 42.8 Å². The van der Waals surface area contributed by atoms with Crippen LogP contribution in [0.4, 0.5) is 11.6 Å². The highest BCUT2D eigenvalue weighted by Gasteiger charge is 2.23. The Labute approximate surface area is 157 Å². The minimum Gasteiger partial charge on any atom is -0.325 e. The fourth-order valence-electron chi connectivity index (χ4n) is 3.41. The van der Waals surface area contributed by atoms with E-state index in [-0.39, 0.29) is 0 Å². The average Bonchev–Trinajstić information content (AvgIpc) is 3.15. The van der Waals surface area contributed by atoms with Crippen molar-refractivity contribution in [1.82, 2.24) is 24.8 Å². The Morgan fingerprint density at radius 3 is 3.04 bits per heavy atom. The Kier molecular flexibility index (Phi) is 5.17. The number of aromatic nitrogens is 4. The molecule has 134 valence electrons. The summed E-state index contributed by atoms with van der Waals surface area (Å²) in [5.41, 5.74) is 3.02. The lowest BCUT2D eigenvalue weighted by molar-refractivity contribution is 0.200. The zero-order valence-corrected chi connectivity index (χ0v) is 15.6. The van der Waals surface area contributed by atoms with Gasteiger partial charge in [-0.2, -0.15) is 0 Å². The molecule has 4 heterocycles. The zero-order chi connectivity index (χ0) is 17.8.